The summed E-state index contributed by atoms with van der Waals surface area (Å²) in [5, 5.41) is 8.54. The van der Waals surface area contributed by atoms with Gasteiger partial charge >= 0.3 is 0 Å². The average Bonchev–Trinajstić information content (AvgIpc) is 2.60. The molecule has 8 heteroatoms. The summed E-state index contributed by atoms with van der Waals surface area (Å²) in [5.41, 5.74) is 1.82. The lowest BCUT2D eigenvalue weighted by Crippen LogP contribution is -2.31. The summed E-state index contributed by atoms with van der Waals surface area (Å²) in [4.78, 5) is 12.5. The molecular formula is C18H17ClN2O4S. The highest BCUT2D eigenvalue weighted by molar-refractivity contribution is 7.89. The first-order valence-corrected chi connectivity index (χ1v) is 9.73. The number of hydrogen-bond donors (Lipinski definition) is 2. The zero-order valence-corrected chi connectivity index (χ0v) is 15.5. The Hall–Kier alpha value is -2.35. The summed E-state index contributed by atoms with van der Waals surface area (Å²) < 4.78 is 28.5. The number of fused-ring (bicyclic) bond motifs is 1. The third-order valence-electron chi connectivity index (χ3n) is 4.01. The number of benzene rings is 2. The van der Waals surface area contributed by atoms with E-state index in [2.05, 4.69) is 5.32 Å². The Kier molecular flexibility index (Phi) is 5.04. The number of nitrogens with two attached hydrogens (primary N) is 1. The molecule has 1 amide bonds. The number of hydrogen-bond acceptors (Lipinski definition) is 4. The van der Waals surface area contributed by atoms with Gasteiger partial charge in [-0.25, -0.2) is 13.6 Å². The number of sulfonamides is 1. The molecule has 0 aliphatic carbocycles. The van der Waals surface area contributed by atoms with Crippen LogP contribution < -0.4 is 15.2 Å². The molecule has 1 atom stereocenters. The van der Waals surface area contributed by atoms with E-state index in [1.807, 2.05) is 0 Å². The molecule has 0 radical (unpaired) electrons. The van der Waals surface area contributed by atoms with Gasteiger partial charge in [0.15, 0.2) is 0 Å². The van der Waals surface area contributed by atoms with Crippen molar-refractivity contribution in [1.29, 1.82) is 0 Å². The molecule has 3 rings (SSSR count). The summed E-state index contributed by atoms with van der Waals surface area (Å²) in [6.45, 7) is 1.90. The molecule has 26 heavy (non-hydrogen) atoms. The fourth-order valence-corrected chi connectivity index (χ4v) is 3.36. The van der Waals surface area contributed by atoms with E-state index in [9.17, 15) is 13.2 Å². The number of amides is 1. The second kappa shape index (κ2) is 7.11. The zero-order chi connectivity index (χ0) is 18.9. The SMILES string of the molecule is CC(NC(=O)C1=Cc2cc(Cl)ccc2OC1)c1cccc(S(N)(=O)=O)c1. The topological polar surface area (TPSA) is 98.5 Å². The van der Waals surface area contributed by atoms with Gasteiger partial charge in [0.05, 0.1) is 16.5 Å². The summed E-state index contributed by atoms with van der Waals surface area (Å²) in [7, 11) is -3.80. The molecule has 136 valence electrons. The van der Waals surface area contributed by atoms with Crippen LogP contribution in [0, 0.1) is 0 Å². The van der Waals surface area contributed by atoms with Crippen molar-refractivity contribution in [2.45, 2.75) is 17.9 Å². The molecule has 1 unspecified atom stereocenters. The largest absolute Gasteiger partial charge is 0.488 e. The van der Waals surface area contributed by atoms with Gasteiger partial charge in [-0.1, -0.05) is 23.7 Å². The lowest BCUT2D eigenvalue weighted by Gasteiger charge is -2.20. The monoisotopic (exact) mass is 392 g/mol. The van der Waals surface area contributed by atoms with Crippen LogP contribution in [-0.2, 0) is 14.8 Å². The maximum absolute atomic E-state index is 12.5. The average molecular weight is 393 g/mol. The number of carbonyl (C=O) groups is 1. The van der Waals surface area contributed by atoms with Crippen molar-refractivity contribution in [2.24, 2.45) is 5.14 Å². The summed E-state index contributed by atoms with van der Waals surface area (Å²) in [5.74, 6) is 0.365. The second-order valence-corrected chi connectivity index (χ2v) is 7.95. The fraction of sp³-hybridized carbons (Fsp3) is 0.167. The van der Waals surface area contributed by atoms with E-state index in [1.165, 1.54) is 12.1 Å². The lowest BCUT2D eigenvalue weighted by molar-refractivity contribution is -0.118. The zero-order valence-electron chi connectivity index (χ0n) is 13.9. The number of ether oxygens (including phenoxy) is 1. The van der Waals surface area contributed by atoms with Gasteiger partial charge < -0.3 is 10.1 Å². The van der Waals surface area contributed by atoms with Crippen molar-refractivity contribution in [3.63, 3.8) is 0 Å². The van der Waals surface area contributed by atoms with Crippen LogP contribution in [-0.4, -0.2) is 20.9 Å². The second-order valence-electron chi connectivity index (χ2n) is 5.95. The normalized spacial score (nSPS) is 14.7. The standard InChI is InChI=1S/C18H17ClN2O4S/c1-11(12-3-2-4-16(9-12)26(20,23)24)21-18(22)14-7-13-8-15(19)5-6-17(13)25-10-14/h2-9,11H,10H2,1H3,(H,21,22)(H2,20,23,24). The van der Waals surface area contributed by atoms with Crippen molar-refractivity contribution < 1.29 is 17.9 Å². The summed E-state index contributed by atoms with van der Waals surface area (Å²) in [6.07, 6.45) is 1.73. The Bertz CT molecular complexity index is 1000. The number of primary sulfonamides is 1. The molecule has 0 aromatic heterocycles. The molecular weight excluding hydrogens is 376 g/mol. The lowest BCUT2D eigenvalue weighted by atomic mass is 10.1. The van der Waals surface area contributed by atoms with Crippen LogP contribution in [0.3, 0.4) is 0 Å². The molecule has 2 aromatic carbocycles. The van der Waals surface area contributed by atoms with Crippen molar-refractivity contribution in [3.05, 3.63) is 64.2 Å². The molecule has 1 aliphatic rings. The predicted molar refractivity (Wildman–Crippen MR) is 99.3 cm³/mol. The third-order valence-corrected chi connectivity index (χ3v) is 5.16. The third kappa shape index (κ3) is 4.07. The molecule has 1 aliphatic heterocycles. The summed E-state index contributed by atoms with van der Waals surface area (Å²) in [6, 6.07) is 10.9. The minimum Gasteiger partial charge on any atom is -0.488 e. The van der Waals surface area contributed by atoms with E-state index < -0.39 is 16.1 Å². The molecule has 2 aromatic rings. The van der Waals surface area contributed by atoms with Gasteiger partial charge in [0.25, 0.3) is 5.91 Å². The molecule has 0 bridgehead atoms. The molecule has 0 saturated heterocycles. The number of carbonyl (C=O) groups excluding carboxylic acids is 1. The smallest absolute Gasteiger partial charge is 0.251 e. The van der Waals surface area contributed by atoms with Crippen molar-refractivity contribution >= 4 is 33.6 Å². The Balaban J connectivity index is 1.78. The minimum absolute atomic E-state index is 0.000108. The van der Waals surface area contributed by atoms with Crippen LogP contribution in [0.25, 0.3) is 6.08 Å². The van der Waals surface area contributed by atoms with E-state index in [0.29, 0.717) is 21.9 Å². The first kappa shape index (κ1) is 18.4. The van der Waals surface area contributed by atoms with Crippen LogP contribution in [0.1, 0.15) is 24.1 Å². The number of rotatable bonds is 4. The van der Waals surface area contributed by atoms with Gasteiger partial charge in [-0.2, -0.15) is 0 Å². The Morgan fingerprint density at radius 2 is 2.04 bits per heavy atom. The molecule has 0 spiro atoms. The Labute approximate surface area is 156 Å². The molecule has 0 fully saturated rings. The quantitative estimate of drug-likeness (QED) is 0.835. The van der Waals surface area contributed by atoms with Crippen LogP contribution in [0.15, 0.2) is 52.9 Å². The van der Waals surface area contributed by atoms with Crippen molar-refractivity contribution in [3.8, 4) is 5.75 Å². The predicted octanol–water partition coefficient (Wildman–Crippen LogP) is 2.64. The molecule has 0 saturated carbocycles. The van der Waals surface area contributed by atoms with Crippen LogP contribution in [0.4, 0.5) is 0 Å². The van der Waals surface area contributed by atoms with Gasteiger partial charge in [-0.05, 0) is 48.9 Å². The van der Waals surface area contributed by atoms with Gasteiger partial charge in [-0.3, -0.25) is 4.79 Å². The first-order valence-electron chi connectivity index (χ1n) is 7.80. The first-order chi connectivity index (χ1) is 12.2. The Morgan fingerprint density at radius 1 is 1.27 bits per heavy atom. The van der Waals surface area contributed by atoms with Gasteiger partial charge in [0.1, 0.15) is 12.4 Å². The van der Waals surface area contributed by atoms with Crippen molar-refractivity contribution in [2.75, 3.05) is 6.61 Å². The van der Waals surface area contributed by atoms with E-state index in [1.54, 1.807) is 43.3 Å². The van der Waals surface area contributed by atoms with E-state index in [0.717, 1.165) is 5.56 Å². The van der Waals surface area contributed by atoms with E-state index in [4.69, 9.17) is 21.5 Å². The fourth-order valence-electron chi connectivity index (χ4n) is 2.61. The maximum Gasteiger partial charge on any atom is 0.251 e. The highest BCUT2D eigenvalue weighted by Gasteiger charge is 2.20. The van der Waals surface area contributed by atoms with Crippen LogP contribution in [0.5, 0.6) is 5.75 Å². The number of nitrogens with one attached hydrogen (secondary N) is 1. The highest BCUT2D eigenvalue weighted by Crippen LogP contribution is 2.29. The van der Waals surface area contributed by atoms with Gasteiger partial charge in [0, 0.05) is 10.6 Å². The van der Waals surface area contributed by atoms with Gasteiger partial charge in [-0.15, -0.1) is 0 Å². The van der Waals surface area contributed by atoms with Crippen LogP contribution >= 0.6 is 11.6 Å². The number of halogens is 1. The Morgan fingerprint density at radius 3 is 2.77 bits per heavy atom. The highest BCUT2D eigenvalue weighted by atomic mass is 35.5. The van der Waals surface area contributed by atoms with Crippen molar-refractivity contribution in [1.82, 2.24) is 5.32 Å². The molecule has 3 N–H and O–H groups in total. The minimum atomic E-state index is -3.80. The molecule has 6 nitrogen and oxygen atoms in total. The van der Waals surface area contributed by atoms with E-state index >= 15 is 0 Å². The maximum atomic E-state index is 12.5. The summed E-state index contributed by atoms with van der Waals surface area (Å²) >= 11 is 5.98. The van der Waals surface area contributed by atoms with Crippen LogP contribution in [0.2, 0.25) is 5.02 Å². The molecule has 1 heterocycles. The van der Waals surface area contributed by atoms with Gasteiger partial charge in [0.2, 0.25) is 10.0 Å². The van der Waals surface area contributed by atoms with E-state index in [-0.39, 0.29) is 17.4 Å².